The van der Waals surface area contributed by atoms with Crippen LogP contribution in [-0.2, 0) is 6.54 Å². The molecule has 3 rings (SSSR count). The van der Waals surface area contributed by atoms with E-state index in [0.717, 1.165) is 36.9 Å². The molecule has 5 heteroatoms. The van der Waals surface area contributed by atoms with Crippen LogP contribution in [0.1, 0.15) is 30.9 Å². The van der Waals surface area contributed by atoms with Crippen LogP contribution in [0, 0.1) is 12.3 Å². The number of aromatic hydroxyl groups is 1. The van der Waals surface area contributed by atoms with Gasteiger partial charge in [0, 0.05) is 42.1 Å². The average Bonchev–Trinajstić information content (AvgIpc) is 2.51. The normalized spacial score (nSPS) is 22.6. The van der Waals surface area contributed by atoms with Crippen LogP contribution in [0.25, 0.3) is 11.0 Å². The molecule has 5 nitrogen and oxygen atoms in total. The van der Waals surface area contributed by atoms with Gasteiger partial charge in [0.15, 0.2) is 0 Å². The van der Waals surface area contributed by atoms with E-state index < -0.39 is 5.63 Å². The molecule has 1 atom stereocenters. The first kappa shape index (κ1) is 16.0. The van der Waals surface area contributed by atoms with Crippen molar-refractivity contribution in [2.75, 3.05) is 19.7 Å². The minimum atomic E-state index is -0.400. The fourth-order valence-electron chi connectivity index (χ4n) is 3.48. The number of rotatable bonds is 3. The summed E-state index contributed by atoms with van der Waals surface area (Å²) in [6, 6.07) is 4.96. The van der Waals surface area contributed by atoms with Crippen LogP contribution in [-0.4, -0.2) is 34.8 Å². The highest BCUT2D eigenvalue weighted by molar-refractivity contribution is 5.84. The molecule has 2 aromatic rings. The number of aliphatic hydroxyl groups is 1. The van der Waals surface area contributed by atoms with Gasteiger partial charge in [-0.1, -0.05) is 6.92 Å². The summed E-state index contributed by atoms with van der Waals surface area (Å²) in [6.07, 6.45) is 2.06. The highest BCUT2D eigenvalue weighted by atomic mass is 16.4. The Bertz CT molecular complexity index is 782. The fraction of sp³-hybridized carbons (Fsp3) is 0.500. The Morgan fingerprint density at radius 3 is 2.91 bits per heavy atom. The van der Waals surface area contributed by atoms with Crippen LogP contribution in [0.15, 0.2) is 27.4 Å². The molecule has 0 aliphatic carbocycles. The Balaban J connectivity index is 1.97. The van der Waals surface area contributed by atoms with E-state index >= 15 is 0 Å². The zero-order valence-electron chi connectivity index (χ0n) is 13.6. The van der Waals surface area contributed by atoms with Crippen LogP contribution in [0.4, 0.5) is 0 Å². The molecule has 1 fully saturated rings. The van der Waals surface area contributed by atoms with Crippen molar-refractivity contribution in [3.05, 3.63) is 39.7 Å². The lowest BCUT2D eigenvalue weighted by atomic mass is 9.82. The van der Waals surface area contributed by atoms with Gasteiger partial charge in [0.2, 0.25) is 0 Å². The van der Waals surface area contributed by atoms with Crippen molar-refractivity contribution in [1.82, 2.24) is 4.90 Å². The molecular weight excluding hydrogens is 294 g/mol. The maximum absolute atomic E-state index is 11.9. The quantitative estimate of drug-likeness (QED) is 0.850. The summed E-state index contributed by atoms with van der Waals surface area (Å²) >= 11 is 0. The minimum Gasteiger partial charge on any atom is -0.508 e. The topological polar surface area (TPSA) is 73.9 Å². The zero-order chi connectivity index (χ0) is 16.6. The molecule has 2 N–H and O–H groups in total. The number of piperidine rings is 1. The van der Waals surface area contributed by atoms with Crippen LogP contribution in [0.2, 0.25) is 0 Å². The van der Waals surface area contributed by atoms with Crippen LogP contribution >= 0.6 is 0 Å². The monoisotopic (exact) mass is 317 g/mol. The number of nitrogens with zero attached hydrogens (tertiary/aromatic N) is 1. The lowest BCUT2D eigenvalue weighted by molar-refractivity contribution is 0.0430. The molecule has 1 aliphatic rings. The van der Waals surface area contributed by atoms with Gasteiger partial charge < -0.3 is 14.6 Å². The number of aryl methyl sites for hydroxylation is 1. The van der Waals surface area contributed by atoms with Crippen LogP contribution < -0.4 is 5.63 Å². The standard InChI is InChI=1S/C18H23NO4/c1-12-15(21)5-4-14-13(8-16(22)23-17(12)14)9-19-7-3-6-18(2,10-19)11-20/h4-5,8,20-21H,3,6-7,9-11H2,1-2H3. The van der Waals surface area contributed by atoms with E-state index in [2.05, 4.69) is 11.8 Å². The van der Waals surface area contributed by atoms with Gasteiger partial charge in [0.1, 0.15) is 11.3 Å². The number of phenolic OH excluding ortho intramolecular Hbond substituents is 1. The summed E-state index contributed by atoms with van der Waals surface area (Å²) in [4.78, 5) is 14.2. The van der Waals surface area contributed by atoms with Crippen LogP contribution in [0.3, 0.4) is 0 Å². The molecule has 1 aromatic carbocycles. The van der Waals surface area contributed by atoms with Gasteiger partial charge in [-0.2, -0.15) is 0 Å². The van der Waals surface area contributed by atoms with E-state index in [1.807, 2.05) is 0 Å². The highest BCUT2D eigenvalue weighted by Gasteiger charge is 2.30. The van der Waals surface area contributed by atoms with Crippen molar-refractivity contribution in [2.45, 2.75) is 33.2 Å². The predicted molar refractivity (Wildman–Crippen MR) is 88.6 cm³/mol. The van der Waals surface area contributed by atoms with E-state index in [4.69, 9.17) is 4.42 Å². The first-order chi connectivity index (χ1) is 10.9. The predicted octanol–water partition coefficient (Wildman–Crippen LogP) is 2.40. The summed E-state index contributed by atoms with van der Waals surface area (Å²) < 4.78 is 5.29. The second-order valence-corrected chi connectivity index (χ2v) is 6.96. The average molecular weight is 317 g/mol. The summed E-state index contributed by atoms with van der Waals surface area (Å²) in [6.45, 7) is 6.42. The zero-order valence-corrected chi connectivity index (χ0v) is 13.6. The van der Waals surface area contributed by atoms with E-state index in [9.17, 15) is 15.0 Å². The van der Waals surface area contributed by atoms with Crippen molar-refractivity contribution in [1.29, 1.82) is 0 Å². The molecule has 23 heavy (non-hydrogen) atoms. The molecule has 1 unspecified atom stereocenters. The summed E-state index contributed by atoms with van der Waals surface area (Å²) in [5.41, 5.74) is 1.46. The summed E-state index contributed by atoms with van der Waals surface area (Å²) in [5.74, 6) is 0.128. The maximum atomic E-state index is 11.9. The number of fused-ring (bicyclic) bond motifs is 1. The van der Waals surface area contributed by atoms with Gasteiger partial charge in [0.25, 0.3) is 0 Å². The molecule has 1 saturated heterocycles. The number of hydrogen-bond acceptors (Lipinski definition) is 5. The third-order valence-corrected chi connectivity index (χ3v) is 4.85. The van der Waals surface area contributed by atoms with Gasteiger partial charge in [-0.05, 0) is 44.0 Å². The minimum absolute atomic E-state index is 0.0817. The highest BCUT2D eigenvalue weighted by Crippen LogP contribution is 2.31. The van der Waals surface area contributed by atoms with E-state index in [0.29, 0.717) is 17.7 Å². The Kier molecular flexibility index (Phi) is 4.17. The van der Waals surface area contributed by atoms with Crippen molar-refractivity contribution in [2.24, 2.45) is 5.41 Å². The smallest absolute Gasteiger partial charge is 0.336 e. The Morgan fingerprint density at radius 2 is 2.17 bits per heavy atom. The Hall–Kier alpha value is -1.85. The van der Waals surface area contributed by atoms with Gasteiger partial charge in [-0.15, -0.1) is 0 Å². The van der Waals surface area contributed by atoms with Gasteiger partial charge >= 0.3 is 5.63 Å². The number of benzene rings is 1. The third-order valence-electron chi connectivity index (χ3n) is 4.85. The maximum Gasteiger partial charge on any atom is 0.336 e. The molecule has 0 saturated carbocycles. The van der Waals surface area contributed by atoms with Gasteiger partial charge in [-0.25, -0.2) is 4.79 Å². The van der Waals surface area contributed by atoms with Gasteiger partial charge in [0.05, 0.1) is 0 Å². The van der Waals surface area contributed by atoms with Crippen molar-refractivity contribution >= 4 is 11.0 Å². The molecule has 2 heterocycles. The summed E-state index contributed by atoms with van der Waals surface area (Å²) in [7, 11) is 0. The number of likely N-dealkylation sites (tertiary alicyclic amines) is 1. The molecule has 0 radical (unpaired) electrons. The first-order valence-corrected chi connectivity index (χ1v) is 8.00. The van der Waals surface area contributed by atoms with Crippen LogP contribution in [0.5, 0.6) is 5.75 Å². The fourth-order valence-corrected chi connectivity index (χ4v) is 3.48. The molecule has 0 spiro atoms. The lowest BCUT2D eigenvalue weighted by Crippen LogP contribution is -2.43. The largest absolute Gasteiger partial charge is 0.508 e. The molecule has 124 valence electrons. The van der Waals surface area contributed by atoms with E-state index in [1.165, 1.54) is 6.07 Å². The Labute approximate surface area is 135 Å². The number of hydrogen-bond donors (Lipinski definition) is 2. The van der Waals surface area contributed by atoms with E-state index in [-0.39, 0.29) is 17.8 Å². The molecular formula is C18H23NO4. The SMILES string of the molecule is Cc1c(O)ccc2c(CN3CCCC(C)(CO)C3)cc(=O)oc12. The number of aliphatic hydroxyl groups excluding tert-OH is 1. The summed E-state index contributed by atoms with van der Waals surface area (Å²) in [5, 5.41) is 20.3. The molecule has 1 aromatic heterocycles. The first-order valence-electron chi connectivity index (χ1n) is 8.00. The third kappa shape index (κ3) is 3.12. The Morgan fingerprint density at radius 1 is 1.39 bits per heavy atom. The van der Waals surface area contributed by atoms with Crippen molar-refractivity contribution < 1.29 is 14.6 Å². The lowest BCUT2D eigenvalue weighted by Gasteiger charge is -2.39. The van der Waals surface area contributed by atoms with Gasteiger partial charge in [-0.3, -0.25) is 4.90 Å². The van der Waals surface area contributed by atoms with Crippen molar-refractivity contribution in [3.63, 3.8) is 0 Å². The molecule has 1 aliphatic heterocycles. The second-order valence-electron chi connectivity index (χ2n) is 6.96. The van der Waals surface area contributed by atoms with E-state index in [1.54, 1.807) is 19.1 Å². The second kappa shape index (κ2) is 5.98. The van der Waals surface area contributed by atoms with Crippen molar-refractivity contribution in [3.8, 4) is 5.75 Å². The number of phenols is 1. The molecule has 0 bridgehead atoms. The molecule has 0 amide bonds.